The Hall–Kier alpha value is -1.80. The van der Waals surface area contributed by atoms with E-state index < -0.39 is 0 Å². The van der Waals surface area contributed by atoms with Crippen molar-refractivity contribution >= 4 is 34.6 Å². The Labute approximate surface area is 225 Å². The number of ketones is 1. The zero-order valence-electron chi connectivity index (χ0n) is 22.1. The van der Waals surface area contributed by atoms with E-state index in [0.717, 1.165) is 50.8 Å². The number of pyridine rings is 1. The Bertz CT molecular complexity index is 967. The number of methoxy groups -OCH3 is 1. The lowest BCUT2D eigenvalue weighted by molar-refractivity contribution is -0.135. The normalized spacial score (nSPS) is 15.7. The number of aryl methyl sites for hydroxylation is 2. The van der Waals surface area contributed by atoms with E-state index in [1.807, 2.05) is 13.8 Å². The van der Waals surface area contributed by atoms with Gasteiger partial charge in [-0.05, 0) is 86.9 Å². The minimum absolute atomic E-state index is 0.149. The number of thiophene rings is 1. The topological polar surface area (TPSA) is 62.7 Å². The Kier molecular flexibility index (Phi) is 11.4. The van der Waals surface area contributed by atoms with Gasteiger partial charge in [-0.1, -0.05) is 11.6 Å². The highest BCUT2D eigenvalue weighted by Crippen LogP contribution is 2.24. The van der Waals surface area contributed by atoms with Crippen LogP contribution in [-0.2, 0) is 16.1 Å². The standard InChI is InChI=1S/C28H40ClN3O3S/c1-20-17-26(29)30-22(3)28(20)25(33)8-5-7-21(2)31-13-10-24(11-14-31)32(18-23-12-16-36-19-23)27(34)9-6-15-35-4/h12,16-17,19,21,24H,5-11,13-15,18H2,1-4H3/t21-/m1/s1. The number of rotatable bonds is 13. The summed E-state index contributed by atoms with van der Waals surface area (Å²) in [5.41, 5.74) is 3.54. The number of Topliss-reactive ketones (excluding diaryl/α,β-unsaturated/α-hetero) is 1. The van der Waals surface area contributed by atoms with E-state index in [-0.39, 0.29) is 17.7 Å². The summed E-state index contributed by atoms with van der Waals surface area (Å²) in [6.07, 6.45) is 5.61. The SMILES string of the molecule is COCCCC(=O)N(Cc1ccsc1)C1CCN([C@H](C)CCCC(=O)c2c(C)cc(Cl)nc2C)CC1. The van der Waals surface area contributed by atoms with Gasteiger partial charge >= 0.3 is 0 Å². The van der Waals surface area contributed by atoms with Crippen LogP contribution in [0.2, 0.25) is 5.15 Å². The molecule has 198 valence electrons. The highest BCUT2D eigenvalue weighted by molar-refractivity contribution is 7.07. The zero-order chi connectivity index (χ0) is 26.1. The second kappa shape index (κ2) is 14.2. The fourth-order valence-electron chi connectivity index (χ4n) is 5.22. The first-order valence-electron chi connectivity index (χ1n) is 13.0. The van der Waals surface area contributed by atoms with E-state index in [1.165, 1.54) is 5.56 Å². The van der Waals surface area contributed by atoms with Crippen molar-refractivity contribution in [2.24, 2.45) is 0 Å². The van der Waals surface area contributed by atoms with Crippen LogP contribution in [0.5, 0.6) is 0 Å². The second-order valence-corrected chi connectivity index (χ2v) is 11.1. The number of nitrogens with zero attached hydrogens (tertiary/aromatic N) is 3. The third-order valence-corrected chi connectivity index (χ3v) is 8.15. The smallest absolute Gasteiger partial charge is 0.223 e. The summed E-state index contributed by atoms with van der Waals surface area (Å²) in [6.45, 7) is 9.28. The fourth-order valence-corrected chi connectivity index (χ4v) is 6.17. The molecule has 2 aromatic heterocycles. The first-order chi connectivity index (χ1) is 17.3. The minimum atomic E-state index is 0.149. The molecular formula is C28H40ClN3O3S. The molecule has 0 saturated carbocycles. The third-order valence-electron chi connectivity index (χ3n) is 7.23. The Morgan fingerprint density at radius 3 is 2.64 bits per heavy atom. The molecule has 0 radical (unpaired) electrons. The van der Waals surface area contributed by atoms with E-state index in [0.29, 0.717) is 48.4 Å². The van der Waals surface area contributed by atoms with Crippen molar-refractivity contribution in [1.82, 2.24) is 14.8 Å². The number of likely N-dealkylation sites (tertiary alicyclic amines) is 1. The van der Waals surface area contributed by atoms with Crippen molar-refractivity contribution in [3.05, 3.63) is 50.4 Å². The van der Waals surface area contributed by atoms with Crippen molar-refractivity contribution in [2.45, 2.75) is 84.3 Å². The summed E-state index contributed by atoms with van der Waals surface area (Å²) in [5.74, 6) is 0.377. The molecule has 1 fully saturated rings. The molecule has 1 amide bonds. The van der Waals surface area contributed by atoms with E-state index in [4.69, 9.17) is 16.3 Å². The highest BCUT2D eigenvalue weighted by Gasteiger charge is 2.29. The number of aromatic nitrogens is 1. The van der Waals surface area contributed by atoms with Gasteiger partial charge in [-0.15, -0.1) is 0 Å². The van der Waals surface area contributed by atoms with Crippen LogP contribution in [0.15, 0.2) is 22.9 Å². The molecule has 6 nitrogen and oxygen atoms in total. The number of ether oxygens (including phenoxy) is 1. The summed E-state index contributed by atoms with van der Waals surface area (Å²) in [4.78, 5) is 34.8. The van der Waals surface area contributed by atoms with Crippen LogP contribution in [0, 0.1) is 13.8 Å². The number of hydrogen-bond donors (Lipinski definition) is 0. The summed E-state index contributed by atoms with van der Waals surface area (Å²) < 4.78 is 5.15. The molecular weight excluding hydrogens is 494 g/mol. The van der Waals surface area contributed by atoms with Gasteiger partial charge in [-0.2, -0.15) is 11.3 Å². The van der Waals surface area contributed by atoms with Gasteiger partial charge in [-0.3, -0.25) is 9.59 Å². The predicted octanol–water partition coefficient (Wildman–Crippen LogP) is 6.07. The van der Waals surface area contributed by atoms with Crippen LogP contribution in [0.1, 0.15) is 79.0 Å². The Balaban J connectivity index is 1.48. The number of carbonyl (C=O) groups is 2. The maximum absolute atomic E-state index is 13.1. The molecule has 36 heavy (non-hydrogen) atoms. The molecule has 0 unspecified atom stereocenters. The maximum Gasteiger partial charge on any atom is 0.223 e. The lowest BCUT2D eigenvalue weighted by atomic mass is 9.97. The average molecular weight is 534 g/mol. The number of halogens is 1. The summed E-state index contributed by atoms with van der Waals surface area (Å²) in [7, 11) is 1.68. The monoisotopic (exact) mass is 533 g/mol. The molecule has 0 spiro atoms. The first kappa shape index (κ1) is 28.8. The molecule has 0 bridgehead atoms. The second-order valence-electron chi connectivity index (χ2n) is 9.90. The van der Waals surface area contributed by atoms with Crippen molar-refractivity contribution in [3.63, 3.8) is 0 Å². The summed E-state index contributed by atoms with van der Waals surface area (Å²) in [5, 5.41) is 4.64. The van der Waals surface area contributed by atoms with Gasteiger partial charge in [-0.25, -0.2) is 4.98 Å². The van der Waals surface area contributed by atoms with Crippen LogP contribution in [-0.4, -0.2) is 65.4 Å². The van der Waals surface area contributed by atoms with Gasteiger partial charge in [0.1, 0.15) is 5.15 Å². The van der Waals surface area contributed by atoms with E-state index in [2.05, 4.69) is 38.5 Å². The molecule has 3 heterocycles. The molecule has 1 aliphatic rings. The van der Waals surface area contributed by atoms with Crippen molar-refractivity contribution in [1.29, 1.82) is 0 Å². The highest BCUT2D eigenvalue weighted by atomic mass is 35.5. The molecule has 8 heteroatoms. The van der Waals surface area contributed by atoms with Crippen LogP contribution >= 0.6 is 22.9 Å². The molecule has 1 aliphatic heterocycles. The Morgan fingerprint density at radius 2 is 2.00 bits per heavy atom. The predicted molar refractivity (Wildman–Crippen MR) is 147 cm³/mol. The average Bonchev–Trinajstić information content (AvgIpc) is 3.35. The molecule has 1 atom stereocenters. The van der Waals surface area contributed by atoms with Crippen molar-refractivity contribution < 1.29 is 14.3 Å². The third kappa shape index (κ3) is 8.10. The number of hydrogen-bond acceptors (Lipinski definition) is 6. The fraction of sp³-hybridized carbons (Fsp3) is 0.607. The van der Waals surface area contributed by atoms with Crippen molar-refractivity contribution in [2.75, 3.05) is 26.8 Å². The summed E-state index contributed by atoms with van der Waals surface area (Å²) in [6, 6.07) is 4.56. The first-order valence-corrected chi connectivity index (χ1v) is 14.3. The lowest BCUT2D eigenvalue weighted by Crippen LogP contribution is -2.49. The zero-order valence-corrected chi connectivity index (χ0v) is 23.7. The van der Waals surface area contributed by atoms with Gasteiger partial charge in [0.05, 0.1) is 5.69 Å². The summed E-state index contributed by atoms with van der Waals surface area (Å²) >= 11 is 7.69. The molecule has 2 aromatic rings. The molecule has 3 rings (SSSR count). The largest absolute Gasteiger partial charge is 0.385 e. The molecule has 0 N–H and O–H groups in total. The molecule has 0 aliphatic carbocycles. The van der Waals surface area contributed by atoms with Gasteiger partial charge in [0, 0.05) is 63.8 Å². The lowest BCUT2D eigenvalue weighted by Gasteiger charge is -2.41. The number of amides is 1. The quantitative estimate of drug-likeness (QED) is 0.177. The van der Waals surface area contributed by atoms with Crippen molar-refractivity contribution in [3.8, 4) is 0 Å². The van der Waals surface area contributed by atoms with Crippen LogP contribution in [0.4, 0.5) is 0 Å². The Morgan fingerprint density at radius 1 is 1.25 bits per heavy atom. The van der Waals surface area contributed by atoms with Gasteiger partial charge in [0.2, 0.25) is 5.91 Å². The van der Waals surface area contributed by atoms with E-state index in [9.17, 15) is 9.59 Å². The van der Waals surface area contributed by atoms with Crippen LogP contribution < -0.4 is 0 Å². The van der Waals surface area contributed by atoms with Gasteiger partial charge < -0.3 is 14.5 Å². The number of carbonyl (C=O) groups excluding carboxylic acids is 2. The van der Waals surface area contributed by atoms with E-state index >= 15 is 0 Å². The number of piperidine rings is 1. The molecule has 0 aromatic carbocycles. The maximum atomic E-state index is 13.1. The van der Waals surface area contributed by atoms with Crippen LogP contribution in [0.3, 0.4) is 0 Å². The van der Waals surface area contributed by atoms with Crippen LogP contribution in [0.25, 0.3) is 0 Å². The van der Waals surface area contributed by atoms with Gasteiger partial charge in [0.15, 0.2) is 5.78 Å². The minimum Gasteiger partial charge on any atom is -0.385 e. The molecule has 1 saturated heterocycles. The van der Waals surface area contributed by atoms with E-state index in [1.54, 1.807) is 24.5 Å². The van der Waals surface area contributed by atoms with Gasteiger partial charge in [0.25, 0.3) is 0 Å².